The highest BCUT2D eigenvalue weighted by atomic mass is 15.1. The highest BCUT2D eigenvalue weighted by Gasteiger charge is 1.96. The first-order valence-corrected chi connectivity index (χ1v) is 3.85. The van der Waals surface area contributed by atoms with E-state index < -0.39 is 0 Å². The number of amidine groups is 2. The van der Waals surface area contributed by atoms with E-state index in [0.717, 1.165) is 0 Å². The van der Waals surface area contributed by atoms with E-state index in [1.807, 2.05) is 0 Å². The van der Waals surface area contributed by atoms with Crippen molar-refractivity contribution in [2.75, 3.05) is 0 Å². The first-order chi connectivity index (χ1) is 6.41. The molecule has 0 aliphatic heterocycles. The molecule has 0 bridgehead atoms. The molecule has 6 nitrogen and oxygen atoms in total. The second kappa shape index (κ2) is 5.63. The van der Waals surface area contributed by atoms with Gasteiger partial charge in [0.1, 0.15) is 0 Å². The quantitative estimate of drug-likeness (QED) is 0.287. The van der Waals surface area contributed by atoms with Crippen molar-refractivity contribution in [1.29, 1.82) is 10.8 Å². The zero-order valence-electron chi connectivity index (χ0n) is 7.88. The third-order valence-electron chi connectivity index (χ3n) is 1.12. The lowest BCUT2D eigenvalue weighted by Gasteiger charge is -1.97. The van der Waals surface area contributed by atoms with Crippen LogP contribution in [0.25, 0.3) is 0 Å². The molecule has 0 aliphatic rings. The smallest absolute Gasteiger partial charge is 0.0966 e. The van der Waals surface area contributed by atoms with E-state index in [1.165, 1.54) is 0 Å². The van der Waals surface area contributed by atoms with E-state index in [2.05, 4.69) is 23.4 Å². The lowest BCUT2D eigenvalue weighted by molar-refractivity contribution is 1.01. The molecule has 0 saturated heterocycles. The minimum Gasteiger partial charge on any atom is -0.387 e. The van der Waals surface area contributed by atoms with Crippen molar-refractivity contribution in [2.45, 2.75) is 12.8 Å². The highest BCUT2D eigenvalue weighted by Crippen LogP contribution is 2.05. The summed E-state index contributed by atoms with van der Waals surface area (Å²) in [5, 5.41) is 21.3. The lowest BCUT2D eigenvalue weighted by Crippen LogP contribution is -2.09. The highest BCUT2D eigenvalue weighted by molar-refractivity contribution is 5.79. The average Bonchev–Trinajstić information content (AvgIpc) is 1.98. The Labute approximate surface area is 82.4 Å². The fraction of sp³-hybridized carbons (Fsp3) is 0.250. The van der Waals surface area contributed by atoms with Crippen LogP contribution in [0.3, 0.4) is 0 Å². The van der Waals surface area contributed by atoms with Gasteiger partial charge in [0.15, 0.2) is 0 Å². The molecule has 0 spiro atoms. The number of azo groups is 1. The molecule has 14 heavy (non-hydrogen) atoms. The number of nitrogens with two attached hydrogens (primary N) is 2. The van der Waals surface area contributed by atoms with Crippen LogP contribution in [0.15, 0.2) is 34.8 Å². The summed E-state index contributed by atoms with van der Waals surface area (Å²) < 4.78 is 0. The standard InChI is InChI=1S/C8H14N6/c1-5(3-7(9)10)13-14-6(2)4-8(11)12/h1-4H2,(H3,9,10)(H3,11,12). The molecule has 6 heteroatoms. The average molecular weight is 194 g/mol. The van der Waals surface area contributed by atoms with Crippen molar-refractivity contribution in [2.24, 2.45) is 21.7 Å². The Morgan fingerprint density at radius 3 is 1.43 bits per heavy atom. The predicted molar refractivity (Wildman–Crippen MR) is 56.2 cm³/mol. The van der Waals surface area contributed by atoms with Gasteiger partial charge in [-0.25, -0.2) is 0 Å². The Morgan fingerprint density at radius 2 is 1.21 bits per heavy atom. The summed E-state index contributed by atoms with van der Waals surface area (Å²) in [6.45, 7) is 7.08. The van der Waals surface area contributed by atoms with Crippen LogP contribution < -0.4 is 11.5 Å². The van der Waals surface area contributed by atoms with Gasteiger partial charge in [-0.05, 0) is 0 Å². The van der Waals surface area contributed by atoms with E-state index in [4.69, 9.17) is 22.3 Å². The number of rotatable bonds is 6. The molecule has 0 atom stereocenters. The second-order valence-electron chi connectivity index (χ2n) is 2.74. The molecule has 0 aromatic heterocycles. The summed E-state index contributed by atoms with van der Waals surface area (Å²) in [4.78, 5) is 0. The Balaban J connectivity index is 4.04. The third kappa shape index (κ3) is 6.71. The molecule has 76 valence electrons. The molecule has 0 aromatic rings. The van der Waals surface area contributed by atoms with Crippen molar-refractivity contribution in [3.05, 3.63) is 24.6 Å². The van der Waals surface area contributed by atoms with E-state index in [1.54, 1.807) is 0 Å². The van der Waals surface area contributed by atoms with E-state index in [9.17, 15) is 0 Å². The van der Waals surface area contributed by atoms with Crippen LogP contribution in [0.5, 0.6) is 0 Å². The van der Waals surface area contributed by atoms with Gasteiger partial charge < -0.3 is 11.5 Å². The largest absolute Gasteiger partial charge is 0.387 e. The van der Waals surface area contributed by atoms with Crippen LogP contribution in [-0.4, -0.2) is 11.7 Å². The molecule has 0 amide bonds. The molecule has 0 aliphatic carbocycles. The van der Waals surface area contributed by atoms with Crippen LogP contribution in [0.1, 0.15) is 12.8 Å². The summed E-state index contributed by atoms with van der Waals surface area (Å²) in [5.41, 5.74) is 11.0. The van der Waals surface area contributed by atoms with Crippen molar-refractivity contribution < 1.29 is 0 Å². The van der Waals surface area contributed by atoms with Gasteiger partial charge in [-0.2, -0.15) is 10.2 Å². The van der Waals surface area contributed by atoms with Crippen LogP contribution >= 0.6 is 0 Å². The van der Waals surface area contributed by atoms with Gasteiger partial charge in [0.25, 0.3) is 0 Å². The van der Waals surface area contributed by atoms with Gasteiger partial charge in [0, 0.05) is 12.8 Å². The van der Waals surface area contributed by atoms with E-state index in [0.29, 0.717) is 11.4 Å². The minimum absolute atomic E-state index is 0.0221. The molecule has 0 aromatic carbocycles. The summed E-state index contributed by atoms with van der Waals surface area (Å²) in [7, 11) is 0. The first kappa shape index (κ1) is 12.0. The maximum Gasteiger partial charge on any atom is 0.0966 e. The maximum atomic E-state index is 6.96. The Bertz CT molecular complexity index is 271. The van der Waals surface area contributed by atoms with Gasteiger partial charge in [-0.1, -0.05) is 13.2 Å². The number of nitrogens with zero attached hydrogens (tertiary/aromatic N) is 2. The fourth-order valence-electron chi connectivity index (χ4n) is 0.652. The molecule has 0 rings (SSSR count). The minimum atomic E-state index is -0.0221. The van der Waals surface area contributed by atoms with Crippen LogP contribution in [0.4, 0.5) is 0 Å². The predicted octanol–water partition coefficient (Wildman–Crippen LogP) is 1.12. The second-order valence-corrected chi connectivity index (χ2v) is 2.74. The molecule has 6 N–H and O–H groups in total. The zero-order valence-corrected chi connectivity index (χ0v) is 7.88. The SMILES string of the molecule is C=C(CC(=N)N)N=NC(=C)CC(=N)N. The van der Waals surface area contributed by atoms with Crippen molar-refractivity contribution in [3.63, 3.8) is 0 Å². The molecule has 0 unspecified atom stereocenters. The van der Waals surface area contributed by atoms with Crippen molar-refractivity contribution in [1.82, 2.24) is 0 Å². The fourth-order valence-corrected chi connectivity index (χ4v) is 0.652. The summed E-state index contributed by atoms with van der Waals surface area (Å²) in [5.74, 6) is -0.0442. The van der Waals surface area contributed by atoms with Gasteiger partial charge in [-0.15, -0.1) is 0 Å². The van der Waals surface area contributed by atoms with Crippen LogP contribution in [-0.2, 0) is 0 Å². The number of nitrogens with one attached hydrogen (secondary N) is 2. The van der Waals surface area contributed by atoms with Gasteiger partial charge in [0.05, 0.1) is 23.1 Å². The lowest BCUT2D eigenvalue weighted by atomic mass is 10.3. The number of hydrogen-bond donors (Lipinski definition) is 4. The molecular weight excluding hydrogens is 180 g/mol. The Kier molecular flexibility index (Phi) is 4.83. The summed E-state index contributed by atoms with van der Waals surface area (Å²) in [6, 6.07) is 0. The van der Waals surface area contributed by atoms with Crippen molar-refractivity contribution in [3.8, 4) is 0 Å². The van der Waals surface area contributed by atoms with Crippen LogP contribution in [0, 0.1) is 10.8 Å². The van der Waals surface area contributed by atoms with Gasteiger partial charge in [-0.3, -0.25) is 10.8 Å². The first-order valence-electron chi connectivity index (χ1n) is 3.85. The third-order valence-corrected chi connectivity index (χ3v) is 1.12. The maximum absolute atomic E-state index is 6.96. The number of hydrogen-bond acceptors (Lipinski definition) is 4. The molecule has 0 radical (unpaired) electrons. The van der Waals surface area contributed by atoms with Gasteiger partial charge >= 0.3 is 0 Å². The van der Waals surface area contributed by atoms with Crippen molar-refractivity contribution >= 4 is 11.7 Å². The molecular formula is C8H14N6. The monoisotopic (exact) mass is 194 g/mol. The summed E-state index contributed by atoms with van der Waals surface area (Å²) >= 11 is 0. The molecule has 0 saturated carbocycles. The summed E-state index contributed by atoms with van der Waals surface area (Å²) in [6.07, 6.45) is 0.355. The Morgan fingerprint density at radius 1 is 0.929 bits per heavy atom. The Hall–Kier alpha value is -1.98. The topological polar surface area (TPSA) is 124 Å². The van der Waals surface area contributed by atoms with Gasteiger partial charge in [0.2, 0.25) is 0 Å². The molecule has 0 fully saturated rings. The van der Waals surface area contributed by atoms with E-state index >= 15 is 0 Å². The molecule has 0 heterocycles. The van der Waals surface area contributed by atoms with Crippen LogP contribution in [0.2, 0.25) is 0 Å². The zero-order chi connectivity index (χ0) is 11.1. The normalized spacial score (nSPS) is 10.0. The van der Waals surface area contributed by atoms with E-state index in [-0.39, 0.29) is 24.5 Å².